The topological polar surface area (TPSA) is 92.5 Å². The lowest BCUT2D eigenvalue weighted by Crippen LogP contribution is -2.42. The van der Waals surface area contributed by atoms with Gasteiger partial charge in [0.1, 0.15) is 0 Å². The van der Waals surface area contributed by atoms with E-state index in [9.17, 15) is 18.8 Å². The van der Waals surface area contributed by atoms with E-state index in [-0.39, 0.29) is 37.2 Å². The van der Waals surface area contributed by atoms with Gasteiger partial charge in [0.25, 0.3) is 5.91 Å². The molecule has 1 fully saturated rings. The van der Waals surface area contributed by atoms with Gasteiger partial charge in [0, 0.05) is 13.1 Å². The molecule has 0 bridgehead atoms. The van der Waals surface area contributed by atoms with Crippen molar-refractivity contribution in [2.45, 2.75) is 6.42 Å². The van der Waals surface area contributed by atoms with E-state index in [1.54, 1.807) is 0 Å². The van der Waals surface area contributed by atoms with Crippen molar-refractivity contribution in [2.75, 3.05) is 32.9 Å². The fourth-order valence-corrected chi connectivity index (χ4v) is 1.70. The van der Waals surface area contributed by atoms with Gasteiger partial charge in [0.2, 0.25) is 5.91 Å². The molecular formula is C10H16FN3O3. The Balaban J connectivity index is 2.59. The standard InChI is InChI=1S/C10H16FN3O3/c11-3-9(16)14(6-8(15)4-12)5-7-1-2-13-10(7)17/h7H,1-6,12H2,(H,13,17). The van der Waals surface area contributed by atoms with E-state index in [0.717, 1.165) is 4.90 Å². The number of nitrogens with two attached hydrogens (primary N) is 1. The fourth-order valence-electron chi connectivity index (χ4n) is 1.70. The number of halogens is 1. The van der Waals surface area contributed by atoms with Gasteiger partial charge in [-0.25, -0.2) is 4.39 Å². The Kier molecular flexibility index (Phi) is 5.02. The average Bonchev–Trinajstić information content (AvgIpc) is 2.73. The number of hydrogen-bond donors (Lipinski definition) is 2. The summed E-state index contributed by atoms with van der Waals surface area (Å²) >= 11 is 0. The van der Waals surface area contributed by atoms with Crippen LogP contribution in [-0.4, -0.2) is 55.4 Å². The molecule has 3 N–H and O–H groups in total. The first-order valence-corrected chi connectivity index (χ1v) is 5.41. The van der Waals surface area contributed by atoms with Crippen LogP contribution >= 0.6 is 0 Å². The molecule has 1 atom stereocenters. The van der Waals surface area contributed by atoms with Gasteiger partial charge in [-0.15, -0.1) is 0 Å². The third-order valence-corrected chi connectivity index (χ3v) is 2.67. The Morgan fingerprint density at radius 1 is 1.53 bits per heavy atom. The maximum absolute atomic E-state index is 12.3. The summed E-state index contributed by atoms with van der Waals surface area (Å²) in [6, 6.07) is 0. The normalized spacial score (nSPS) is 18.9. The van der Waals surface area contributed by atoms with Gasteiger partial charge in [-0.2, -0.15) is 0 Å². The molecule has 1 saturated heterocycles. The van der Waals surface area contributed by atoms with Crippen LogP contribution in [-0.2, 0) is 14.4 Å². The van der Waals surface area contributed by atoms with E-state index in [0.29, 0.717) is 13.0 Å². The van der Waals surface area contributed by atoms with Crippen LogP contribution in [0.5, 0.6) is 0 Å². The van der Waals surface area contributed by atoms with E-state index in [4.69, 9.17) is 5.73 Å². The molecule has 0 radical (unpaired) electrons. The quantitative estimate of drug-likeness (QED) is 0.592. The summed E-state index contributed by atoms with van der Waals surface area (Å²) in [7, 11) is 0. The number of nitrogens with zero attached hydrogens (tertiary/aromatic N) is 1. The van der Waals surface area contributed by atoms with Crippen LogP contribution in [0.3, 0.4) is 0 Å². The highest BCUT2D eigenvalue weighted by molar-refractivity contribution is 5.88. The number of hydrogen-bond acceptors (Lipinski definition) is 4. The monoisotopic (exact) mass is 245 g/mol. The highest BCUT2D eigenvalue weighted by atomic mass is 19.1. The SMILES string of the molecule is NCC(=O)CN(CC1CCNC1=O)C(=O)CF. The molecule has 17 heavy (non-hydrogen) atoms. The van der Waals surface area contributed by atoms with Crippen molar-refractivity contribution in [1.29, 1.82) is 0 Å². The molecule has 0 aromatic heterocycles. The Morgan fingerprint density at radius 3 is 2.71 bits per heavy atom. The molecule has 0 aromatic carbocycles. The molecule has 1 heterocycles. The molecule has 0 spiro atoms. The van der Waals surface area contributed by atoms with Crippen molar-refractivity contribution in [3.8, 4) is 0 Å². The largest absolute Gasteiger partial charge is 0.356 e. The molecule has 7 heteroatoms. The van der Waals surface area contributed by atoms with Gasteiger partial charge in [-0.3, -0.25) is 14.4 Å². The van der Waals surface area contributed by atoms with E-state index < -0.39 is 12.6 Å². The number of carbonyl (C=O) groups excluding carboxylic acids is 3. The minimum absolute atomic E-state index is 0.0698. The zero-order valence-corrected chi connectivity index (χ0v) is 9.45. The third kappa shape index (κ3) is 3.77. The molecule has 1 aliphatic rings. The highest BCUT2D eigenvalue weighted by Gasteiger charge is 2.28. The smallest absolute Gasteiger partial charge is 0.254 e. The van der Waals surface area contributed by atoms with Crippen molar-refractivity contribution in [1.82, 2.24) is 10.2 Å². The zero-order valence-electron chi connectivity index (χ0n) is 9.45. The van der Waals surface area contributed by atoms with Gasteiger partial charge in [0.05, 0.1) is 19.0 Å². The van der Waals surface area contributed by atoms with Gasteiger partial charge in [-0.05, 0) is 6.42 Å². The van der Waals surface area contributed by atoms with Crippen LogP contribution in [0, 0.1) is 5.92 Å². The average molecular weight is 245 g/mol. The maximum atomic E-state index is 12.3. The van der Waals surface area contributed by atoms with Crippen LogP contribution in [0.25, 0.3) is 0 Å². The third-order valence-electron chi connectivity index (χ3n) is 2.67. The molecule has 0 aliphatic carbocycles. The minimum atomic E-state index is -1.17. The first kappa shape index (κ1) is 13.6. The lowest BCUT2D eigenvalue weighted by Gasteiger charge is -2.22. The summed E-state index contributed by atoms with van der Waals surface area (Å²) < 4.78 is 12.3. The van der Waals surface area contributed by atoms with E-state index in [1.165, 1.54) is 0 Å². The second-order valence-corrected chi connectivity index (χ2v) is 3.93. The summed E-state index contributed by atoms with van der Waals surface area (Å²) in [6.45, 7) is -0.992. The van der Waals surface area contributed by atoms with Gasteiger partial charge < -0.3 is 16.0 Å². The molecule has 6 nitrogen and oxygen atoms in total. The lowest BCUT2D eigenvalue weighted by atomic mass is 10.1. The van der Waals surface area contributed by atoms with Gasteiger partial charge in [-0.1, -0.05) is 0 Å². The fraction of sp³-hybridized carbons (Fsp3) is 0.700. The number of ketones is 1. The second kappa shape index (κ2) is 6.29. The van der Waals surface area contributed by atoms with Gasteiger partial charge >= 0.3 is 0 Å². The van der Waals surface area contributed by atoms with Crippen molar-refractivity contribution >= 4 is 17.6 Å². The first-order valence-electron chi connectivity index (χ1n) is 5.41. The van der Waals surface area contributed by atoms with E-state index >= 15 is 0 Å². The highest BCUT2D eigenvalue weighted by Crippen LogP contribution is 2.11. The number of rotatable bonds is 6. The van der Waals surface area contributed by atoms with Crippen LogP contribution in [0.1, 0.15) is 6.42 Å². The molecule has 96 valence electrons. The molecule has 1 unspecified atom stereocenters. The van der Waals surface area contributed by atoms with Crippen molar-refractivity contribution in [2.24, 2.45) is 11.7 Å². The number of alkyl halides is 1. The Labute approximate surface area is 98.3 Å². The van der Waals surface area contributed by atoms with E-state index in [1.807, 2.05) is 0 Å². The molecule has 2 amide bonds. The van der Waals surface area contributed by atoms with Crippen molar-refractivity contribution in [3.05, 3.63) is 0 Å². The Morgan fingerprint density at radius 2 is 2.24 bits per heavy atom. The lowest BCUT2D eigenvalue weighted by molar-refractivity contribution is -0.137. The number of amides is 2. The van der Waals surface area contributed by atoms with Gasteiger partial charge in [0.15, 0.2) is 12.5 Å². The summed E-state index contributed by atoms with van der Waals surface area (Å²) in [6.07, 6.45) is 0.589. The first-order chi connectivity index (χ1) is 8.08. The molecule has 0 aromatic rings. The number of nitrogens with one attached hydrogen (secondary N) is 1. The van der Waals surface area contributed by atoms with E-state index in [2.05, 4.69) is 5.32 Å². The predicted molar refractivity (Wildman–Crippen MR) is 57.7 cm³/mol. The number of carbonyl (C=O) groups is 3. The molecular weight excluding hydrogens is 229 g/mol. The summed E-state index contributed by atoms with van der Waals surface area (Å²) in [5, 5.41) is 2.62. The van der Waals surface area contributed by atoms with Crippen LogP contribution in [0.15, 0.2) is 0 Å². The molecule has 1 rings (SSSR count). The Bertz CT molecular complexity index is 322. The second-order valence-electron chi connectivity index (χ2n) is 3.93. The Hall–Kier alpha value is -1.50. The van der Waals surface area contributed by atoms with Crippen molar-refractivity contribution in [3.63, 3.8) is 0 Å². The van der Waals surface area contributed by atoms with Crippen LogP contribution in [0.2, 0.25) is 0 Å². The summed E-state index contributed by atoms with van der Waals surface area (Å²) in [4.78, 5) is 34.8. The zero-order chi connectivity index (χ0) is 12.8. The minimum Gasteiger partial charge on any atom is -0.356 e. The molecule has 0 saturated carbocycles. The summed E-state index contributed by atoms with van der Waals surface area (Å²) in [5.74, 6) is -1.67. The van der Waals surface area contributed by atoms with Crippen LogP contribution < -0.4 is 11.1 Å². The predicted octanol–water partition coefficient (Wildman–Crippen LogP) is -1.55. The maximum Gasteiger partial charge on any atom is 0.254 e. The summed E-state index contributed by atoms with van der Waals surface area (Å²) in [5.41, 5.74) is 5.14. The molecule has 1 aliphatic heterocycles. The van der Waals surface area contributed by atoms with Crippen molar-refractivity contribution < 1.29 is 18.8 Å². The number of Topliss-reactive ketones (excluding diaryl/α,β-unsaturated/α-hetero) is 1. The van der Waals surface area contributed by atoms with Crippen LogP contribution in [0.4, 0.5) is 4.39 Å².